The van der Waals surface area contributed by atoms with Crippen LogP contribution in [0.4, 0.5) is 11.4 Å². The van der Waals surface area contributed by atoms with Crippen LogP contribution in [0.25, 0.3) is 0 Å². The van der Waals surface area contributed by atoms with E-state index in [0.717, 1.165) is 30.9 Å². The highest BCUT2D eigenvalue weighted by Crippen LogP contribution is 2.13. The molecule has 0 saturated carbocycles. The van der Waals surface area contributed by atoms with Crippen molar-refractivity contribution in [1.82, 2.24) is 4.98 Å². The van der Waals surface area contributed by atoms with Gasteiger partial charge in [-0.1, -0.05) is 13.3 Å². The number of thioether (sulfide) groups is 1. The van der Waals surface area contributed by atoms with E-state index in [4.69, 9.17) is 0 Å². The molecule has 1 heterocycles. The summed E-state index contributed by atoms with van der Waals surface area (Å²) < 4.78 is 0. The van der Waals surface area contributed by atoms with E-state index >= 15 is 0 Å². The normalized spacial score (nSPS) is 10.3. The summed E-state index contributed by atoms with van der Waals surface area (Å²) in [6.45, 7) is 4.20. The van der Waals surface area contributed by atoms with Crippen LogP contribution in [0, 0.1) is 0 Å². The molecule has 1 rings (SSSR count). The molecule has 0 unspecified atom stereocenters. The Bertz CT molecular complexity index is 318. The average Bonchev–Trinajstić information content (AvgIpc) is 2.41. The van der Waals surface area contributed by atoms with Crippen molar-refractivity contribution in [2.75, 3.05) is 35.7 Å². The summed E-state index contributed by atoms with van der Waals surface area (Å²) >= 11 is 1.93. The van der Waals surface area contributed by atoms with Gasteiger partial charge in [0, 0.05) is 13.1 Å². The first-order valence-electron chi connectivity index (χ1n) is 6.78. The number of pyridine rings is 1. The average molecular weight is 267 g/mol. The second kappa shape index (κ2) is 10.1. The van der Waals surface area contributed by atoms with Crippen LogP contribution in [0.2, 0.25) is 0 Å². The van der Waals surface area contributed by atoms with Crippen molar-refractivity contribution >= 4 is 23.1 Å². The summed E-state index contributed by atoms with van der Waals surface area (Å²) in [6.07, 6.45) is 10.9. The van der Waals surface area contributed by atoms with E-state index in [-0.39, 0.29) is 0 Å². The van der Waals surface area contributed by atoms with E-state index in [1.165, 1.54) is 25.0 Å². The quantitative estimate of drug-likeness (QED) is 0.631. The molecule has 0 aliphatic rings. The Morgan fingerprint density at radius 1 is 1.06 bits per heavy atom. The van der Waals surface area contributed by atoms with Crippen LogP contribution in [0.1, 0.15) is 32.6 Å². The van der Waals surface area contributed by atoms with Crippen LogP contribution in [-0.2, 0) is 0 Å². The van der Waals surface area contributed by atoms with Gasteiger partial charge < -0.3 is 10.6 Å². The molecule has 3 nitrogen and oxygen atoms in total. The highest BCUT2D eigenvalue weighted by Gasteiger charge is 1.96. The van der Waals surface area contributed by atoms with Crippen molar-refractivity contribution in [3.8, 4) is 0 Å². The summed E-state index contributed by atoms with van der Waals surface area (Å²) in [5.41, 5.74) is 2.21. The van der Waals surface area contributed by atoms with Gasteiger partial charge in [0.05, 0.1) is 23.8 Å². The topological polar surface area (TPSA) is 37.0 Å². The number of aromatic nitrogens is 1. The van der Waals surface area contributed by atoms with Gasteiger partial charge in [-0.25, -0.2) is 0 Å². The first kappa shape index (κ1) is 15.2. The lowest BCUT2D eigenvalue weighted by molar-refractivity contribution is 0.749. The molecule has 1 aromatic heterocycles. The number of nitrogens with zero attached hydrogens (tertiary/aromatic N) is 1. The minimum absolute atomic E-state index is 1.000. The summed E-state index contributed by atoms with van der Waals surface area (Å²) in [5.74, 6) is 1.28. The highest BCUT2D eigenvalue weighted by molar-refractivity contribution is 7.98. The maximum absolute atomic E-state index is 4.24. The maximum atomic E-state index is 4.24. The van der Waals surface area contributed by atoms with Gasteiger partial charge in [0.2, 0.25) is 0 Å². The van der Waals surface area contributed by atoms with E-state index in [0.29, 0.717) is 0 Å². The maximum Gasteiger partial charge on any atom is 0.0547 e. The zero-order valence-corrected chi connectivity index (χ0v) is 12.4. The first-order valence-corrected chi connectivity index (χ1v) is 8.18. The Hall–Kier alpha value is -0.900. The molecule has 0 fully saturated rings. The molecule has 2 N–H and O–H groups in total. The second-order valence-electron chi connectivity index (χ2n) is 4.37. The number of unbranched alkanes of at least 4 members (excludes halogenated alkanes) is 2. The Morgan fingerprint density at radius 2 is 1.78 bits per heavy atom. The van der Waals surface area contributed by atoms with Gasteiger partial charge in [0.15, 0.2) is 0 Å². The third-order valence-electron chi connectivity index (χ3n) is 2.67. The minimum Gasteiger partial charge on any atom is -0.384 e. The Balaban J connectivity index is 2.20. The van der Waals surface area contributed by atoms with Gasteiger partial charge >= 0.3 is 0 Å². The Labute approximate surface area is 115 Å². The number of nitrogens with one attached hydrogen (secondary N) is 2. The molecule has 0 aliphatic carbocycles. The molecule has 0 aliphatic heterocycles. The van der Waals surface area contributed by atoms with E-state index in [2.05, 4.69) is 34.9 Å². The molecular formula is C14H25N3S. The number of anilines is 2. The van der Waals surface area contributed by atoms with Crippen molar-refractivity contribution in [2.45, 2.75) is 32.6 Å². The SMILES string of the molecule is CCCNc1cncc(NCCCCCSC)c1. The summed E-state index contributed by atoms with van der Waals surface area (Å²) in [4.78, 5) is 4.24. The molecule has 1 aromatic rings. The zero-order chi connectivity index (χ0) is 13.1. The van der Waals surface area contributed by atoms with Crippen LogP contribution in [0.5, 0.6) is 0 Å². The largest absolute Gasteiger partial charge is 0.384 e. The van der Waals surface area contributed by atoms with Gasteiger partial charge in [0.1, 0.15) is 0 Å². The highest BCUT2D eigenvalue weighted by atomic mass is 32.2. The predicted molar refractivity (Wildman–Crippen MR) is 83.7 cm³/mol. The van der Waals surface area contributed by atoms with Crippen molar-refractivity contribution in [2.24, 2.45) is 0 Å². The van der Waals surface area contributed by atoms with Crippen molar-refractivity contribution in [3.05, 3.63) is 18.5 Å². The van der Waals surface area contributed by atoms with E-state index in [1.807, 2.05) is 24.2 Å². The monoisotopic (exact) mass is 267 g/mol. The number of rotatable bonds is 10. The van der Waals surface area contributed by atoms with Crippen LogP contribution >= 0.6 is 11.8 Å². The van der Waals surface area contributed by atoms with Crippen LogP contribution in [0.15, 0.2) is 18.5 Å². The van der Waals surface area contributed by atoms with Crippen LogP contribution in [0.3, 0.4) is 0 Å². The van der Waals surface area contributed by atoms with Gasteiger partial charge in [-0.2, -0.15) is 11.8 Å². The Morgan fingerprint density at radius 3 is 2.44 bits per heavy atom. The molecular weight excluding hydrogens is 242 g/mol. The van der Waals surface area contributed by atoms with Gasteiger partial charge in [-0.15, -0.1) is 0 Å². The molecule has 0 atom stereocenters. The van der Waals surface area contributed by atoms with Crippen molar-refractivity contribution in [1.29, 1.82) is 0 Å². The molecule has 0 amide bonds. The third-order valence-corrected chi connectivity index (χ3v) is 3.37. The molecule has 0 bridgehead atoms. The van der Waals surface area contributed by atoms with Gasteiger partial charge in [0.25, 0.3) is 0 Å². The number of hydrogen-bond acceptors (Lipinski definition) is 4. The standard InChI is InChI=1S/C14H25N3S/c1-3-7-16-13-10-14(12-15-11-13)17-8-5-4-6-9-18-2/h10-12,16-17H,3-9H2,1-2H3. The van der Waals surface area contributed by atoms with Gasteiger partial charge in [-0.05, 0) is 37.3 Å². The fourth-order valence-corrected chi connectivity index (χ4v) is 2.18. The number of hydrogen-bond donors (Lipinski definition) is 2. The third kappa shape index (κ3) is 6.74. The van der Waals surface area contributed by atoms with Crippen molar-refractivity contribution < 1.29 is 0 Å². The second-order valence-corrected chi connectivity index (χ2v) is 5.35. The molecule has 18 heavy (non-hydrogen) atoms. The summed E-state index contributed by atoms with van der Waals surface area (Å²) in [6, 6.07) is 2.13. The smallest absolute Gasteiger partial charge is 0.0547 e. The molecule has 0 spiro atoms. The van der Waals surface area contributed by atoms with E-state index in [9.17, 15) is 0 Å². The lowest BCUT2D eigenvalue weighted by Crippen LogP contribution is -2.04. The molecule has 0 saturated heterocycles. The van der Waals surface area contributed by atoms with E-state index < -0.39 is 0 Å². The lowest BCUT2D eigenvalue weighted by atomic mass is 10.2. The molecule has 0 radical (unpaired) electrons. The first-order chi connectivity index (χ1) is 8.86. The van der Waals surface area contributed by atoms with Crippen LogP contribution in [-0.4, -0.2) is 30.1 Å². The predicted octanol–water partition coefficient (Wildman–Crippen LogP) is 3.85. The Kier molecular flexibility index (Phi) is 8.47. The summed E-state index contributed by atoms with van der Waals surface area (Å²) in [7, 11) is 0. The minimum atomic E-state index is 1.000. The fourth-order valence-electron chi connectivity index (χ4n) is 1.68. The van der Waals surface area contributed by atoms with E-state index in [1.54, 1.807) is 0 Å². The fraction of sp³-hybridized carbons (Fsp3) is 0.643. The lowest BCUT2D eigenvalue weighted by Gasteiger charge is -2.09. The molecule has 102 valence electrons. The molecule has 4 heteroatoms. The summed E-state index contributed by atoms with van der Waals surface area (Å²) in [5, 5.41) is 6.78. The molecule has 0 aromatic carbocycles. The van der Waals surface area contributed by atoms with Crippen LogP contribution < -0.4 is 10.6 Å². The van der Waals surface area contributed by atoms with Crippen molar-refractivity contribution in [3.63, 3.8) is 0 Å². The zero-order valence-electron chi connectivity index (χ0n) is 11.5. The van der Waals surface area contributed by atoms with Gasteiger partial charge in [-0.3, -0.25) is 4.98 Å².